The van der Waals surface area contributed by atoms with E-state index in [1.807, 2.05) is 13.8 Å². The molecule has 0 spiro atoms. The summed E-state index contributed by atoms with van der Waals surface area (Å²) in [6.45, 7) is 4.55. The van der Waals surface area contributed by atoms with Crippen LogP contribution >= 0.6 is 0 Å². The number of phenolic OH excluding ortho intramolecular Hbond substituents is 1. The largest absolute Gasteiger partial charge is 0.508 e. The van der Waals surface area contributed by atoms with Crippen molar-refractivity contribution in [3.8, 4) is 5.75 Å². The van der Waals surface area contributed by atoms with Gasteiger partial charge in [-0.1, -0.05) is 32.4 Å². The maximum absolute atomic E-state index is 13.4. The van der Waals surface area contributed by atoms with Crippen molar-refractivity contribution in [1.29, 1.82) is 0 Å². The lowest BCUT2D eigenvalue weighted by Crippen LogP contribution is -2.58. The molecule has 3 amide bonds. The lowest BCUT2D eigenvalue weighted by atomic mass is 9.98. The Morgan fingerprint density at radius 3 is 1.79 bits per heavy atom. The average Bonchev–Trinajstić information content (AvgIpc) is 2.91. The second kappa shape index (κ2) is 18.1. The van der Waals surface area contributed by atoms with E-state index < -0.39 is 47.9 Å². The summed E-state index contributed by atoms with van der Waals surface area (Å²) in [4.78, 5) is 51.1. The third-order valence-corrected chi connectivity index (χ3v) is 6.71. The summed E-state index contributed by atoms with van der Waals surface area (Å²) < 4.78 is 0. The molecule has 39 heavy (non-hydrogen) atoms. The van der Waals surface area contributed by atoms with Gasteiger partial charge in [-0.15, -0.1) is 0 Å². The van der Waals surface area contributed by atoms with Crippen LogP contribution in [0.15, 0.2) is 24.3 Å². The third-order valence-electron chi connectivity index (χ3n) is 6.71. The molecule has 12 nitrogen and oxygen atoms in total. The maximum atomic E-state index is 13.4. The molecular weight excluding hydrogens is 504 g/mol. The molecule has 0 radical (unpaired) electrons. The van der Waals surface area contributed by atoms with Crippen molar-refractivity contribution >= 4 is 23.7 Å². The second-order valence-electron chi connectivity index (χ2n) is 9.87. The number of aliphatic carboxylic acids is 1. The first-order valence-electron chi connectivity index (χ1n) is 13.6. The molecule has 0 aromatic heterocycles. The van der Waals surface area contributed by atoms with Crippen molar-refractivity contribution in [2.45, 2.75) is 89.4 Å². The highest BCUT2D eigenvalue weighted by Crippen LogP contribution is 2.13. The van der Waals surface area contributed by atoms with Crippen LogP contribution in [-0.4, -0.2) is 71.2 Å². The van der Waals surface area contributed by atoms with Gasteiger partial charge >= 0.3 is 5.97 Å². The van der Waals surface area contributed by atoms with E-state index in [2.05, 4.69) is 16.0 Å². The van der Waals surface area contributed by atoms with Gasteiger partial charge in [-0.25, -0.2) is 4.79 Å². The van der Waals surface area contributed by atoms with E-state index in [0.717, 1.165) is 0 Å². The number of hydrogen-bond donors (Lipinski definition) is 8. The SMILES string of the molecule is CCC(C)C(N)C(=O)NC(Cc1ccc(O)cc1)C(=O)NC(CCCCN)C(=O)NC(CCCCN)C(=O)O. The zero-order chi connectivity index (χ0) is 29.4. The number of carbonyl (C=O) groups is 4. The van der Waals surface area contributed by atoms with Gasteiger partial charge in [0.05, 0.1) is 6.04 Å². The summed E-state index contributed by atoms with van der Waals surface area (Å²) >= 11 is 0. The highest BCUT2D eigenvalue weighted by molar-refractivity contribution is 5.94. The van der Waals surface area contributed by atoms with Gasteiger partial charge in [0.15, 0.2) is 0 Å². The number of carboxylic acid groups (broad SMARTS) is 1. The summed E-state index contributed by atoms with van der Waals surface area (Å²) in [5.74, 6) is -2.99. The molecule has 0 saturated heterocycles. The first kappa shape index (κ1) is 33.8. The van der Waals surface area contributed by atoms with Gasteiger partial charge in [0, 0.05) is 6.42 Å². The fourth-order valence-electron chi connectivity index (χ4n) is 3.91. The molecule has 220 valence electrons. The predicted molar refractivity (Wildman–Crippen MR) is 148 cm³/mol. The minimum atomic E-state index is -1.18. The van der Waals surface area contributed by atoms with Gasteiger partial charge < -0.3 is 43.4 Å². The molecule has 0 heterocycles. The van der Waals surface area contributed by atoms with Crippen LogP contribution in [0.1, 0.15) is 64.4 Å². The van der Waals surface area contributed by atoms with Crippen molar-refractivity contribution in [3.63, 3.8) is 0 Å². The van der Waals surface area contributed by atoms with E-state index in [-0.39, 0.29) is 30.9 Å². The molecule has 0 aliphatic carbocycles. The van der Waals surface area contributed by atoms with Crippen LogP contribution in [0.25, 0.3) is 0 Å². The number of carbonyl (C=O) groups excluding carboxylic acids is 3. The van der Waals surface area contributed by atoms with Crippen molar-refractivity contribution < 1.29 is 29.4 Å². The summed E-state index contributed by atoms with van der Waals surface area (Å²) in [5.41, 5.74) is 17.8. The van der Waals surface area contributed by atoms with Gasteiger partial charge in [-0.3, -0.25) is 14.4 Å². The van der Waals surface area contributed by atoms with E-state index >= 15 is 0 Å². The van der Waals surface area contributed by atoms with Crippen LogP contribution in [0.4, 0.5) is 0 Å². The van der Waals surface area contributed by atoms with Gasteiger partial charge in [0.2, 0.25) is 17.7 Å². The van der Waals surface area contributed by atoms with Crippen molar-refractivity contribution in [2.24, 2.45) is 23.1 Å². The summed E-state index contributed by atoms with van der Waals surface area (Å²) in [5, 5.41) is 27.1. The van der Waals surface area contributed by atoms with Crippen molar-refractivity contribution in [2.75, 3.05) is 13.1 Å². The summed E-state index contributed by atoms with van der Waals surface area (Å²) in [6.07, 6.45) is 3.46. The lowest BCUT2D eigenvalue weighted by molar-refractivity contribution is -0.142. The Hall–Kier alpha value is -3.22. The average molecular weight is 551 g/mol. The number of nitrogens with two attached hydrogens (primary N) is 3. The number of unbranched alkanes of at least 4 members (excludes halogenated alkanes) is 2. The summed E-state index contributed by atoms with van der Waals surface area (Å²) in [7, 11) is 0. The van der Waals surface area contributed by atoms with Crippen molar-refractivity contribution in [1.82, 2.24) is 16.0 Å². The van der Waals surface area contributed by atoms with Gasteiger partial charge in [-0.05, 0) is 75.2 Å². The fourth-order valence-corrected chi connectivity index (χ4v) is 3.91. The molecule has 11 N–H and O–H groups in total. The number of aromatic hydroxyl groups is 1. The molecule has 1 aromatic carbocycles. The maximum Gasteiger partial charge on any atom is 0.326 e. The second-order valence-corrected chi connectivity index (χ2v) is 9.87. The number of hydrogen-bond acceptors (Lipinski definition) is 8. The van der Waals surface area contributed by atoms with Crippen LogP contribution in [0.2, 0.25) is 0 Å². The number of nitrogens with one attached hydrogen (secondary N) is 3. The number of amides is 3. The molecule has 0 fully saturated rings. The quantitative estimate of drug-likeness (QED) is 0.109. The zero-order valence-corrected chi connectivity index (χ0v) is 23.0. The van der Waals surface area contributed by atoms with Crippen LogP contribution in [0.3, 0.4) is 0 Å². The van der Waals surface area contributed by atoms with E-state index in [0.29, 0.717) is 50.8 Å². The zero-order valence-electron chi connectivity index (χ0n) is 23.0. The molecule has 12 heteroatoms. The van der Waals surface area contributed by atoms with Crippen LogP contribution in [0, 0.1) is 5.92 Å². The van der Waals surface area contributed by atoms with Gasteiger partial charge in [0.25, 0.3) is 0 Å². The Morgan fingerprint density at radius 2 is 1.28 bits per heavy atom. The molecule has 0 bridgehead atoms. The Morgan fingerprint density at radius 1 is 0.795 bits per heavy atom. The minimum absolute atomic E-state index is 0.0543. The number of phenols is 1. The van der Waals surface area contributed by atoms with E-state index in [1.54, 1.807) is 12.1 Å². The highest BCUT2D eigenvalue weighted by Gasteiger charge is 2.31. The Kier molecular flexibility index (Phi) is 15.7. The van der Waals surface area contributed by atoms with Gasteiger partial charge in [-0.2, -0.15) is 0 Å². The number of rotatable bonds is 19. The number of benzene rings is 1. The first-order valence-corrected chi connectivity index (χ1v) is 13.6. The van der Waals surface area contributed by atoms with Crippen LogP contribution in [0.5, 0.6) is 5.75 Å². The van der Waals surface area contributed by atoms with Crippen molar-refractivity contribution in [3.05, 3.63) is 29.8 Å². The topological polar surface area (TPSA) is 223 Å². The first-order chi connectivity index (χ1) is 18.5. The van der Waals surface area contributed by atoms with Crippen LogP contribution < -0.4 is 33.2 Å². The van der Waals surface area contributed by atoms with E-state index in [4.69, 9.17) is 17.2 Å². The third kappa shape index (κ3) is 12.5. The molecule has 0 saturated carbocycles. The smallest absolute Gasteiger partial charge is 0.326 e. The minimum Gasteiger partial charge on any atom is -0.508 e. The van der Waals surface area contributed by atoms with Crippen LogP contribution in [-0.2, 0) is 25.6 Å². The van der Waals surface area contributed by atoms with Gasteiger partial charge in [0.1, 0.15) is 23.9 Å². The Labute approximate surface area is 230 Å². The standard InChI is InChI=1S/C27H46N6O6/c1-3-17(2)23(30)26(37)33-22(16-18-10-12-19(34)13-11-18)25(36)31-20(8-4-6-14-28)24(35)32-21(27(38)39)9-5-7-15-29/h10-13,17,20-23,34H,3-9,14-16,28-30H2,1-2H3,(H,31,36)(H,32,35)(H,33,37)(H,38,39). The number of carboxylic acids is 1. The lowest BCUT2D eigenvalue weighted by Gasteiger charge is -2.26. The highest BCUT2D eigenvalue weighted by atomic mass is 16.4. The van der Waals surface area contributed by atoms with E-state index in [9.17, 15) is 29.4 Å². The molecule has 0 aliphatic rings. The molecule has 5 unspecified atom stereocenters. The fraction of sp³-hybridized carbons (Fsp3) is 0.630. The Balaban J connectivity index is 3.13. The molecule has 0 aliphatic heterocycles. The predicted octanol–water partition coefficient (Wildman–Crippen LogP) is 0.105. The molecule has 1 aromatic rings. The van der Waals surface area contributed by atoms with E-state index in [1.165, 1.54) is 12.1 Å². The Bertz CT molecular complexity index is 913. The summed E-state index contributed by atoms with van der Waals surface area (Å²) in [6, 6.07) is 2.12. The molecular formula is C27H46N6O6. The monoisotopic (exact) mass is 550 g/mol. The normalized spacial score (nSPS) is 14.9. The molecule has 1 rings (SSSR count). The molecule has 5 atom stereocenters.